The van der Waals surface area contributed by atoms with Gasteiger partial charge in [-0.15, -0.1) is 0 Å². The van der Waals surface area contributed by atoms with Crippen LogP contribution >= 0.6 is 0 Å². The van der Waals surface area contributed by atoms with Crippen LogP contribution in [0.15, 0.2) is 11.2 Å². The number of nitrogens with zero attached hydrogens (tertiary/aromatic N) is 2. The Morgan fingerprint density at radius 1 is 1.44 bits per heavy atom. The standard InChI is InChI=1S/C12H20N2O3S/c1-4-5-6-18(16,17)12-11(9-15)7-13-14(12)8-10(2)3/h7,9-10H,4-6,8H2,1-3H3. The van der Waals surface area contributed by atoms with Crippen molar-refractivity contribution in [2.75, 3.05) is 5.75 Å². The van der Waals surface area contributed by atoms with E-state index in [-0.39, 0.29) is 22.3 Å². The number of unbranched alkanes of at least 4 members (excludes halogenated alkanes) is 1. The van der Waals surface area contributed by atoms with Crippen LogP contribution in [0.5, 0.6) is 0 Å². The molecule has 5 nitrogen and oxygen atoms in total. The third-order valence-corrected chi connectivity index (χ3v) is 4.41. The molecule has 0 N–H and O–H groups in total. The highest BCUT2D eigenvalue weighted by Gasteiger charge is 2.24. The molecular formula is C12H20N2O3S. The topological polar surface area (TPSA) is 69.0 Å². The van der Waals surface area contributed by atoms with Gasteiger partial charge in [-0.05, 0) is 12.3 Å². The zero-order valence-corrected chi connectivity index (χ0v) is 11.9. The summed E-state index contributed by atoms with van der Waals surface area (Å²) in [6.45, 7) is 6.38. The summed E-state index contributed by atoms with van der Waals surface area (Å²) < 4.78 is 25.9. The van der Waals surface area contributed by atoms with Gasteiger partial charge in [-0.3, -0.25) is 9.48 Å². The van der Waals surface area contributed by atoms with Gasteiger partial charge in [-0.2, -0.15) is 5.10 Å². The number of rotatable bonds is 7. The van der Waals surface area contributed by atoms with E-state index in [2.05, 4.69) is 5.10 Å². The summed E-state index contributed by atoms with van der Waals surface area (Å²) in [5.74, 6) is 0.332. The molecule has 6 heteroatoms. The molecule has 0 unspecified atom stereocenters. The Labute approximate surface area is 108 Å². The molecule has 0 atom stereocenters. The van der Waals surface area contributed by atoms with Crippen molar-refractivity contribution in [3.63, 3.8) is 0 Å². The summed E-state index contributed by atoms with van der Waals surface area (Å²) in [6, 6.07) is 0. The van der Waals surface area contributed by atoms with Crippen LogP contribution in [0.25, 0.3) is 0 Å². The zero-order valence-electron chi connectivity index (χ0n) is 11.1. The lowest BCUT2D eigenvalue weighted by Crippen LogP contribution is -2.17. The van der Waals surface area contributed by atoms with E-state index in [1.165, 1.54) is 10.9 Å². The Hall–Kier alpha value is -1.17. The van der Waals surface area contributed by atoms with Crippen molar-refractivity contribution in [1.29, 1.82) is 0 Å². The van der Waals surface area contributed by atoms with Crippen LogP contribution in [0.3, 0.4) is 0 Å². The summed E-state index contributed by atoms with van der Waals surface area (Å²) in [7, 11) is -3.43. The lowest BCUT2D eigenvalue weighted by atomic mass is 10.2. The van der Waals surface area contributed by atoms with Gasteiger partial charge in [-0.1, -0.05) is 27.2 Å². The molecule has 0 saturated carbocycles. The van der Waals surface area contributed by atoms with Crippen molar-refractivity contribution in [3.05, 3.63) is 11.8 Å². The minimum Gasteiger partial charge on any atom is -0.298 e. The predicted molar refractivity (Wildman–Crippen MR) is 69.4 cm³/mol. The molecule has 0 fully saturated rings. The number of aromatic nitrogens is 2. The maximum Gasteiger partial charge on any atom is 0.196 e. The van der Waals surface area contributed by atoms with E-state index < -0.39 is 9.84 Å². The molecule has 1 heterocycles. The summed E-state index contributed by atoms with van der Waals surface area (Å²) in [4.78, 5) is 10.9. The maximum atomic E-state index is 12.2. The summed E-state index contributed by atoms with van der Waals surface area (Å²) in [5, 5.41) is 4.08. The van der Waals surface area contributed by atoms with Gasteiger partial charge in [0.25, 0.3) is 0 Å². The highest BCUT2D eigenvalue weighted by atomic mass is 32.2. The molecule has 1 aromatic rings. The first-order valence-corrected chi connectivity index (χ1v) is 7.81. The molecule has 18 heavy (non-hydrogen) atoms. The summed E-state index contributed by atoms with van der Waals surface area (Å²) in [5.41, 5.74) is 0.159. The Balaban J connectivity index is 3.18. The molecule has 102 valence electrons. The van der Waals surface area contributed by atoms with Gasteiger partial charge in [-0.25, -0.2) is 8.42 Å². The Morgan fingerprint density at radius 3 is 2.61 bits per heavy atom. The molecule has 0 spiro atoms. The quantitative estimate of drug-likeness (QED) is 0.711. The van der Waals surface area contributed by atoms with Gasteiger partial charge >= 0.3 is 0 Å². The van der Waals surface area contributed by atoms with Crippen LogP contribution in [0.2, 0.25) is 0 Å². The molecule has 0 aromatic carbocycles. The third kappa shape index (κ3) is 3.41. The second-order valence-electron chi connectivity index (χ2n) is 4.77. The van der Waals surface area contributed by atoms with Crippen LogP contribution in [0, 0.1) is 5.92 Å². The molecule has 0 aliphatic rings. The normalized spacial score (nSPS) is 12.0. The van der Waals surface area contributed by atoms with Crippen molar-refractivity contribution in [3.8, 4) is 0 Å². The van der Waals surface area contributed by atoms with E-state index in [9.17, 15) is 13.2 Å². The molecule has 1 rings (SSSR count). The molecule has 0 radical (unpaired) electrons. The maximum absolute atomic E-state index is 12.2. The van der Waals surface area contributed by atoms with E-state index >= 15 is 0 Å². The number of aldehydes is 1. The second kappa shape index (κ2) is 6.13. The second-order valence-corrected chi connectivity index (χ2v) is 6.80. The fraction of sp³-hybridized carbons (Fsp3) is 0.667. The minimum atomic E-state index is -3.43. The van der Waals surface area contributed by atoms with Crippen molar-refractivity contribution in [1.82, 2.24) is 9.78 Å². The van der Waals surface area contributed by atoms with Crippen molar-refractivity contribution >= 4 is 16.1 Å². The van der Waals surface area contributed by atoms with Crippen LogP contribution in [-0.4, -0.2) is 30.2 Å². The third-order valence-electron chi connectivity index (χ3n) is 2.54. The fourth-order valence-electron chi connectivity index (χ4n) is 1.72. The smallest absolute Gasteiger partial charge is 0.196 e. The van der Waals surface area contributed by atoms with E-state index in [0.29, 0.717) is 19.3 Å². The van der Waals surface area contributed by atoms with E-state index in [0.717, 1.165) is 6.42 Å². The van der Waals surface area contributed by atoms with Crippen molar-refractivity contribution < 1.29 is 13.2 Å². The number of hydrogen-bond acceptors (Lipinski definition) is 4. The number of sulfone groups is 1. The first kappa shape index (κ1) is 14.9. The largest absolute Gasteiger partial charge is 0.298 e. The number of carbonyl (C=O) groups excluding carboxylic acids is 1. The summed E-state index contributed by atoms with van der Waals surface area (Å²) in [6.07, 6.45) is 3.28. The first-order chi connectivity index (χ1) is 8.42. The lowest BCUT2D eigenvalue weighted by molar-refractivity contribution is 0.112. The van der Waals surface area contributed by atoms with Gasteiger partial charge in [0.05, 0.1) is 17.5 Å². The molecule has 0 bridgehead atoms. The van der Waals surface area contributed by atoms with Crippen LogP contribution in [-0.2, 0) is 16.4 Å². The van der Waals surface area contributed by atoms with E-state index in [4.69, 9.17) is 0 Å². The predicted octanol–water partition coefficient (Wildman–Crippen LogP) is 1.93. The van der Waals surface area contributed by atoms with Crippen LogP contribution in [0.4, 0.5) is 0 Å². The molecule has 0 saturated heterocycles. The number of hydrogen-bond donors (Lipinski definition) is 0. The zero-order chi connectivity index (χ0) is 13.8. The SMILES string of the molecule is CCCCS(=O)(=O)c1c(C=O)cnn1CC(C)C. The minimum absolute atomic E-state index is 0.0636. The van der Waals surface area contributed by atoms with Crippen molar-refractivity contribution in [2.24, 2.45) is 5.92 Å². The van der Waals surface area contributed by atoms with Crippen LogP contribution < -0.4 is 0 Å². The van der Waals surface area contributed by atoms with Gasteiger partial charge < -0.3 is 0 Å². The highest BCUT2D eigenvalue weighted by Crippen LogP contribution is 2.18. The molecule has 0 aliphatic carbocycles. The molecule has 0 amide bonds. The van der Waals surface area contributed by atoms with Gasteiger partial charge in [0, 0.05) is 6.54 Å². The lowest BCUT2D eigenvalue weighted by Gasteiger charge is -2.10. The Kier molecular flexibility index (Phi) is 5.07. The van der Waals surface area contributed by atoms with E-state index in [1.54, 1.807) is 0 Å². The van der Waals surface area contributed by atoms with Gasteiger partial charge in [0.15, 0.2) is 21.1 Å². The average molecular weight is 272 g/mol. The Bertz CT molecular complexity index is 503. The van der Waals surface area contributed by atoms with Crippen molar-refractivity contribution in [2.45, 2.75) is 45.2 Å². The molecule has 0 aliphatic heterocycles. The monoisotopic (exact) mass is 272 g/mol. The molecule has 1 aromatic heterocycles. The summed E-state index contributed by atoms with van der Waals surface area (Å²) >= 11 is 0. The van der Waals surface area contributed by atoms with E-state index in [1.807, 2.05) is 20.8 Å². The van der Waals surface area contributed by atoms with Gasteiger partial charge in [0.1, 0.15) is 0 Å². The fourth-order valence-corrected chi connectivity index (χ4v) is 3.48. The molecular weight excluding hydrogens is 252 g/mol. The van der Waals surface area contributed by atoms with Crippen LogP contribution in [0.1, 0.15) is 44.0 Å². The number of carbonyl (C=O) groups is 1. The Morgan fingerprint density at radius 2 is 2.11 bits per heavy atom. The highest BCUT2D eigenvalue weighted by molar-refractivity contribution is 7.91. The average Bonchev–Trinajstić information content (AvgIpc) is 2.69. The first-order valence-electron chi connectivity index (χ1n) is 6.16. The van der Waals surface area contributed by atoms with Gasteiger partial charge in [0.2, 0.25) is 0 Å².